The van der Waals surface area contributed by atoms with Gasteiger partial charge < -0.3 is 0 Å². The van der Waals surface area contributed by atoms with Crippen molar-refractivity contribution in [2.24, 2.45) is 0 Å². The molecule has 1 aromatic rings. The molecule has 70 valence electrons. The van der Waals surface area contributed by atoms with E-state index in [4.69, 9.17) is 23.2 Å². The van der Waals surface area contributed by atoms with Crippen LogP contribution >= 0.6 is 23.2 Å². The van der Waals surface area contributed by atoms with Gasteiger partial charge in [0.1, 0.15) is 4.84 Å². The van der Waals surface area contributed by atoms with E-state index in [-0.39, 0.29) is 4.84 Å². The minimum atomic E-state index is -0.263. The summed E-state index contributed by atoms with van der Waals surface area (Å²) in [6.07, 6.45) is 3.50. The van der Waals surface area contributed by atoms with E-state index in [9.17, 15) is 0 Å². The van der Waals surface area contributed by atoms with Crippen molar-refractivity contribution in [1.82, 2.24) is 0 Å². The van der Waals surface area contributed by atoms with Gasteiger partial charge in [-0.15, -0.1) is 23.2 Å². The molecule has 2 heteroatoms. The normalized spacial score (nSPS) is 21.6. The maximum absolute atomic E-state index is 5.95. The first kappa shape index (κ1) is 9.36. The van der Waals surface area contributed by atoms with Crippen LogP contribution < -0.4 is 0 Å². The summed E-state index contributed by atoms with van der Waals surface area (Å²) < 4.78 is 0. The fourth-order valence-corrected chi connectivity index (χ4v) is 2.58. The Morgan fingerprint density at radius 3 is 2.77 bits per heavy atom. The Hall–Kier alpha value is -0.200. The Kier molecular flexibility index (Phi) is 2.80. The summed E-state index contributed by atoms with van der Waals surface area (Å²) in [6, 6.07) is 8.47. The molecule has 1 aliphatic rings. The van der Waals surface area contributed by atoms with Gasteiger partial charge in [-0.2, -0.15) is 0 Å². The summed E-state index contributed by atoms with van der Waals surface area (Å²) in [7, 11) is 0. The van der Waals surface area contributed by atoms with E-state index >= 15 is 0 Å². The van der Waals surface area contributed by atoms with Crippen LogP contribution in [-0.4, -0.2) is 4.84 Å². The summed E-state index contributed by atoms with van der Waals surface area (Å²) in [5, 5.41) is 0. The van der Waals surface area contributed by atoms with Crippen molar-refractivity contribution in [2.45, 2.75) is 30.0 Å². The smallest absolute Gasteiger partial charge is 0.105 e. The van der Waals surface area contributed by atoms with E-state index in [0.29, 0.717) is 5.92 Å². The molecule has 0 spiro atoms. The predicted molar refractivity (Wildman–Crippen MR) is 57.6 cm³/mol. The Morgan fingerprint density at radius 2 is 2.00 bits per heavy atom. The summed E-state index contributed by atoms with van der Waals surface area (Å²) in [4.78, 5) is -0.263. The Bertz CT molecular complexity index is 294. The van der Waals surface area contributed by atoms with Gasteiger partial charge in [0.05, 0.1) is 0 Å². The average Bonchev–Trinajstić information content (AvgIpc) is 2.17. The molecule has 0 heterocycles. The van der Waals surface area contributed by atoms with E-state index in [0.717, 1.165) is 6.42 Å². The molecule has 1 unspecified atom stereocenters. The third-order valence-corrected chi connectivity index (χ3v) is 3.33. The number of alkyl halides is 2. The lowest BCUT2D eigenvalue weighted by atomic mass is 9.84. The van der Waals surface area contributed by atoms with Crippen LogP contribution in [0.4, 0.5) is 0 Å². The van der Waals surface area contributed by atoms with Crippen LogP contribution in [0.2, 0.25) is 0 Å². The number of aryl methyl sites for hydroxylation is 1. The first-order valence-electron chi connectivity index (χ1n) is 4.65. The minimum absolute atomic E-state index is 0.263. The van der Waals surface area contributed by atoms with Gasteiger partial charge in [-0.25, -0.2) is 0 Å². The van der Waals surface area contributed by atoms with Gasteiger partial charge in [0.2, 0.25) is 0 Å². The molecule has 0 fully saturated rings. The monoisotopic (exact) mass is 214 g/mol. The molecule has 0 aliphatic heterocycles. The summed E-state index contributed by atoms with van der Waals surface area (Å²) in [5.74, 6) is 0.341. The summed E-state index contributed by atoms with van der Waals surface area (Å²) >= 11 is 11.9. The molecular weight excluding hydrogens is 203 g/mol. The van der Waals surface area contributed by atoms with Crippen molar-refractivity contribution in [3.8, 4) is 0 Å². The SMILES string of the molecule is ClC(Cl)C1CCCc2ccccc21. The maximum atomic E-state index is 5.95. The number of fused-ring (bicyclic) bond motifs is 1. The molecule has 0 radical (unpaired) electrons. The first-order chi connectivity index (χ1) is 6.29. The second-order valence-electron chi connectivity index (χ2n) is 3.53. The highest BCUT2D eigenvalue weighted by Gasteiger charge is 2.24. The molecule has 1 atom stereocenters. The second kappa shape index (κ2) is 3.89. The van der Waals surface area contributed by atoms with Crippen LogP contribution in [0.1, 0.15) is 29.9 Å². The number of halogens is 2. The van der Waals surface area contributed by atoms with Crippen LogP contribution in [0.3, 0.4) is 0 Å². The Labute approximate surface area is 88.9 Å². The molecule has 2 rings (SSSR count). The highest BCUT2D eigenvalue weighted by Crippen LogP contribution is 2.37. The van der Waals surface area contributed by atoms with Gasteiger partial charge in [0, 0.05) is 5.92 Å². The van der Waals surface area contributed by atoms with Crippen LogP contribution in [0.15, 0.2) is 24.3 Å². The van der Waals surface area contributed by atoms with Crippen molar-refractivity contribution in [3.05, 3.63) is 35.4 Å². The number of benzene rings is 1. The minimum Gasteiger partial charge on any atom is -0.105 e. The van der Waals surface area contributed by atoms with Crippen molar-refractivity contribution in [1.29, 1.82) is 0 Å². The second-order valence-corrected chi connectivity index (χ2v) is 4.70. The zero-order valence-electron chi connectivity index (χ0n) is 7.34. The first-order valence-corrected chi connectivity index (χ1v) is 5.52. The lowest BCUT2D eigenvalue weighted by Crippen LogP contribution is -2.14. The molecule has 0 aromatic heterocycles. The van der Waals surface area contributed by atoms with Gasteiger partial charge in [-0.1, -0.05) is 24.3 Å². The van der Waals surface area contributed by atoms with Gasteiger partial charge in [0.15, 0.2) is 0 Å². The van der Waals surface area contributed by atoms with Crippen molar-refractivity contribution in [3.63, 3.8) is 0 Å². The standard InChI is InChI=1S/C11H12Cl2/c12-11(13)10-7-3-5-8-4-1-2-6-9(8)10/h1-2,4,6,10-11H,3,5,7H2. The molecule has 1 aromatic carbocycles. The number of hydrogen-bond donors (Lipinski definition) is 0. The van der Waals surface area contributed by atoms with E-state index < -0.39 is 0 Å². The Morgan fingerprint density at radius 1 is 1.23 bits per heavy atom. The summed E-state index contributed by atoms with van der Waals surface area (Å²) in [5.41, 5.74) is 2.77. The van der Waals surface area contributed by atoms with Crippen molar-refractivity contribution >= 4 is 23.2 Å². The number of rotatable bonds is 1. The molecule has 0 nitrogen and oxygen atoms in total. The fraction of sp³-hybridized carbons (Fsp3) is 0.455. The molecular formula is C11H12Cl2. The number of hydrogen-bond acceptors (Lipinski definition) is 0. The lowest BCUT2D eigenvalue weighted by Gasteiger charge is -2.26. The molecule has 0 amide bonds. The van der Waals surface area contributed by atoms with Gasteiger partial charge in [-0.05, 0) is 30.4 Å². The van der Waals surface area contributed by atoms with Crippen LogP contribution in [0.25, 0.3) is 0 Å². The third-order valence-electron chi connectivity index (χ3n) is 2.72. The maximum Gasteiger partial charge on any atom is 0.114 e. The van der Waals surface area contributed by atoms with E-state index in [1.165, 1.54) is 24.0 Å². The van der Waals surface area contributed by atoms with E-state index in [1.54, 1.807) is 0 Å². The predicted octanol–water partition coefficient (Wildman–Crippen LogP) is 3.91. The van der Waals surface area contributed by atoms with Crippen molar-refractivity contribution in [2.75, 3.05) is 0 Å². The lowest BCUT2D eigenvalue weighted by molar-refractivity contribution is 0.578. The van der Waals surface area contributed by atoms with E-state index in [1.807, 2.05) is 0 Å². The van der Waals surface area contributed by atoms with Crippen molar-refractivity contribution < 1.29 is 0 Å². The molecule has 0 N–H and O–H groups in total. The van der Waals surface area contributed by atoms with Gasteiger partial charge in [-0.3, -0.25) is 0 Å². The average molecular weight is 215 g/mol. The Balaban J connectivity index is 2.37. The van der Waals surface area contributed by atoms with E-state index in [2.05, 4.69) is 24.3 Å². The molecule has 13 heavy (non-hydrogen) atoms. The summed E-state index contributed by atoms with van der Waals surface area (Å²) in [6.45, 7) is 0. The topological polar surface area (TPSA) is 0 Å². The highest BCUT2D eigenvalue weighted by molar-refractivity contribution is 6.44. The van der Waals surface area contributed by atoms with Crippen LogP contribution in [0, 0.1) is 0 Å². The highest BCUT2D eigenvalue weighted by atomic mass is 35.5. The quantitative estimate of drug-likeness (QED) is 0.623. The van der Waals surface area contributed by atoms with Gasteiger partial charge >= 0.3 is 0 Å². The molecule has 0 saturated carbocycles. The largest absolute Gasteiger partial charge is 0.114 e. The zero-order valence-corrected chi connectivity index (χ0v) is 8.85. The molecule has 1 aliphatic carbocycles. The third kappa shape index (κ3) is 1.84. The zero-order chi connectivity index (χ0) is 9.26. The molecule has 0 bridgehead atoms. The van der Waals surface area contributed by atoms with Gasteiger partial charge in [0.25, 0.3) is 0 Å². The fourth-order valence-electron chi connectivity index (χ4n) is 2.05. The van der Waals surface area contributed by atoms with Crippen LogP contribution in [-0.2, 0) is 6.42 Å². The molecule has 0 saturated heterocycles. The van der Waals surface area contributed by atoms with Crippen LogP contribution in [0.5, 0.6) is 0 Å².